The monoisotopic (exact) mass is 346 g/mol. The van der Waals surface area contributed by atoms with E-state index in [-0.39, 0.29) is 11.4 Å². The summed E-state index contributed by atoms with van der Waals surface area (Å²) >= 11 is 0. The predicted molar refractivity (Wildman–Crippen MR) is 90.7 cm³/mol. The summed E-state index contributed by atoms with van der Waals surface area (Å²) in [6, 6.07) is 8.51. The normalized spacial score (nSPS) is 16.0. The molecule has 0 aromatic heterocycles. The van der Waals surface area contributed by atoms with Crippen LogP contribution in [-0.4, -0.2) is 17.7 Å². The molecule has 0 heterocycles. The van der Waals surface area contributed by atoms with Crippen molar-refractivity contribution in [2.45, 2.75) is 38.0 Å². The molecule has 0 aliphatic heterocycles. The highest BCUT2D eigenvalue weighted by Crippen LogP contribution is 2.45. The number of carboxylic acid groups (broad SMARTS) is 1. The van der Waals surface area contributed by atoms with Crippen molar-refractivity contribution in [3.63, 3.8) is 0 Å². The van der Waals surface area contributed by atoms with Gasteiger partial charge in [-0.25, -0.2) is 8.78 Å². The lowest BCUT2D eigenvalue weighted by Crippen LogP contribution is -2.33. The van der Waals surface area contributed by atoms with Gasteiger partial charge in [0, 0.05) is 11.1 Å². The summed E-state index contributed by atoms with van der Waals surface area (Å²) in [7, 11) is 0. The van der Waals surface area contributed by atoms with Crippen molar-refractivity contribution in [1.29, 1.82) is 0 Å². The van der Waals surface area contributed by atoms with Gasteiger partial charge in [-0.1, -0.05) is 25.0 Å². The molecule has 1 saturated carbocycles. The molecule has 25 heavy (non-hydrogen) atoms. The van der Waals surface area contributed by atoms with Crippen LogP contribution in [0.2, 0.25) is 0 Å². The number of carboxylic acids is 1. The van der Waals surface area contributed by atoms with Gasteiger partial charge in [0.1, 0.15) is 17.4 Å². The molecule has 0 saturated heterocycles. The number of hydrogen-bond acceptors (Lipinski definition) is 2. The van der Waals surface area contributed by atoms with Crippen LogP contribution in [0.3, 0.4) is 0 Å². The van der Waals surface area contributed by atoms with E-state index >= 15 is 0 Å². The van der Waals surface area contributed by atoms with Gasteiger partial charge in [0.2, 0.25) is 0 Å². The fourth-order valence-electron chi connectivity index (χ4n) is 3.63. The Bertz CT molecular complexity index is 778. The van der Waals surface area contributed by atoms with E-state index in [1.54, 1.807) is 19.1 Å². The molecule has 5 heteroatoms. The van der Waals surface area contributed by atoms with Crippen molar-refractivity contribution < 1.29 is 23.4 Å². The van der Waals surface area contributed by atoms with Gasteiger partial charge in [-0.3, -0.25) is 4.79 Å². The summed E-state index contributed by atoms with van der Waals surface area (Å²) in [6.07, 6.45) is 2.35. The van der Waals surface area contributed by atoms with E-state index in [0.717, 1.165) is 12.8 Å². The molecular formula is C20H20F2O3. The highest BCUT2D eigenvalue weighted by molar-refractivity contribution is 5.83. The Labute approximate surface area is 145 Å². The summed E-state index contributed by atoms with van der Waals surface area (Å²) < 4.78 is 33.7. The lowest BCUT2D eigenvalue weighted by atomic mass is 9.78. The Hall–Kier alpha value is -2.43. The van der Waals surface area contributed by atoms with Gasteiger partial charge in [-0.2, -0.15) is 0 Å². The second-order valence-corrected chi connectivity index (χ2v) is 6.36. The second kappa shape index (κ2) is 6.82. The van der Waals surface area contributed by atoms with E-state index in [1.807, 2.05) is 0 Å². The third-order valence-corrected chi connectivity index (χ3v) is 4.91. The highest BCUT2D eigenvalue weighted by atomic mass is 19.1. The topological polar surface area (TPSA) is 46.5 Å². The van der Waals surface area contributed by atoms with Crippen LogP contribution in [-0.2, 0) is 10.2 Å². The molecule has 0 unspecified atom stereocenters. The molecule has 2 aromatic carbocycles. The van der Waals surface area contributed by atoms with Crippen molar-refractivity contribution in [3.8, 4) is 16.9 Å². The molecular weight excluding hydrogens is 326 g/mol. The lowest BCUT2D eigenvalue weighted by molar-refractivity contribution is -0.143. The Morgan fingerprint density at radius 2 is 1.80 bits per heavy atom. The van der Waals surface area contributed by atoms with Crippen LogP contribution in [0.1, 0.15) is 38.2 Å². The van der Waals surface area contributed by atoms with E-state index in [4.69, 9.17) is 4.74 Å². The van der Waals surface area contributed by atoms with Gasteiger partial charge in [0.15, 0.2) is 0 Å². The minimum Gasteiger partial charge on any atom is -0.493 e. The number of rotatable bonds is 5. The van der Waals surface area contributed by atoms with Crippen LogP contribution in [0.5, 0.6) is 5.75 Å². The fourth-order valence-corrected chi connectivity index (χ4v) is 3.63. The number of hydrogen-bond donors (Lipinski definition) is 1. The van der Waals surface area contributed by atoms with Crippen LogP contribution >= 0.6 is 0 Å². The molecule has 0 radical (unpaired) electrons. The number of halogens is 2. The SMILES string of the molecule is CCOc1cc(C2(C(=O)O)CCCC2)c(F)cc1-c1ccc(F)cc1. The zero-order valence-electron chi connectivity index (χ0n) is 14.0. The summed E-state index contributed by atoms with van der Waals surface area (Å²) in [4.78, 5) is 11.9. The van der Waals surface area contributed by atoms with Gasteiger partial charge >= 0.3 is 5.97 Å². The smallest absolute Gasteiger partial charge is 0.314 e. The lowest BCUT2D eigenvalue weighted by Gasteiger charge is -2.26. The molecule has 1 aliphatic carbocycles. The van der Waals surface area contributed by atoms with E-state index in [2.05, 4.69) is 0 Å². The van der Waals surface area contributed by atoms with Gasteiger partial charge in [0.05, 0.1) is 12.0 Å². The molecule has 2 aromatic rings. The van der Waals surface area contributed by atoms with Crippen molar-refractivity contribution in [1.82, 2.24) is 0 Å². The summed E-state index contributed by atoms with van der Waals surface area (Å²) in [5, 5.41) is 9.73. The number of carbonyl (C=O) groups is 1. The Morgan fingerprint density at radius 1 is 1.16 bits per heavy atom. The molecule has 1 fully saturated rings. The summed E-state index contributed by atoms with van der Waals surface area (Å²) in [5.74, 6) is -1.53. The zero-order chi connectivity index (χ0) is 18.0. The first-order chi connectivity index (χ1) is 12.0. The minimum absolute atomic E-state index is 0.173. The molecule has 1 N–H and O–H groups in total. The third-order valence-electron chi connectivity index (χ3n) is 4.91. The van der Waals surface area contributed by atoms with E-state index in [0.29, 0.717) is 36.3 Å². The van der Waals surface area contributed by atoms with Crippen molar-refractivity contribution in [2.24, 2.45) is 0 Å². The molecule has 3 rings (SSSR count). The molecule has 0 spiro atoms. The summed E-state index contributed by atoms with van der Waals surface area (Å²) in [6.45, 7) is 2.17. The van der Waals surface area contributed by atoms with Crippen molar-refractivity contribution in [3.05, 3.63) is 53.6 Å². The van der Waals surface area contributed by atoms with Crippen LogP contribution < -0.4 is 4.74 Å². The third kappa shape index (κ3) is 3.11. The van der Waals surface area contributed by atoms with Crippen LogP contribution in [0.25, 0.3) is 11.1 Å². The first-order valence-corrected chi connectivity index (χ1v) is 8.44. The number of aliphatic carboxylic acids is 1. The van der Waals surface area contributed by atoms with Crippen molar-refractivity contribution >= 4 is 5.97 Å². The largest absolute Gasteiger partial charge is 0.493 e. The molecule has 0 amide bonds. The Balaban J connectivity index is 2.15. The summed E-state index contributed by atoms with van der Waals surface area (Å²) in [5.41, 5.74) is 0.0802. The first kappa shape index (κ1) is 17.4. The van der Waals surface area contributed by atoms with Crippen molar-refractivity contribution in [2.75, 3.05) is 6.61 Å². The first-order valence-electron chi connectivity index (χ1n) is 8.44. The average molecular weight is 346 g/mol. The van der Waals surface area contributed by atoms with Gasteiger partial charge in [-0.05, 0) is 49.6 Å². The number of ether oxygens (including phenoxy) is 1. The van der Waals surface area contributed by atoms with Gasteiger partial charge < -0.3 is 9.84 Å². The van der Waals surface area contributed by atoms with Gasteiger partial charge in [-0.15, -0.1) is 0 Å². The molecule has 0 atom stereocenters. The molecule has 3 nitrogen and oxygen atoms in total. The minimum atomic E-state index is -1.20. The molecule has 132 valence electrons. The maximum absolute atomic E-state index is 14.9. The van der Waals surface area contributed by atoms with E-state index in [9.17, 15) is 18.7 Å². The predicted octanol–water partition coefficient (Wildman–Crippen LogP) is 4.93. The molecule has 1 aliphatic rings. The quantitative estimate of drug-likeness (QED) is 0.835. The zero-order valence-corrected chi connectivity index (χ0v) is 14.0. The van der Waals surface area contributed by atoms with Crippen LogP contribution in [0.15, 0.2) is 36.4 Å². The maximum Gasteiger partial charge on any atom is 0.314 e. The standard InChI is InChI=1S/C20H20F2O3/c1-2-25-18-12-16(20(19(23)24)9-3-4-10-20)17(22)11-15(18)13-5-7-14(21)8-6-13/h5-8,11-12H,2-4,9-10H2,1H3,(H,23,24). The second-order valence-electron chi connectivity index (χ2n) is 6.36. The fraction of sp³-hybridized carbons (Fsp3) is 0.350. The average Bonchev–Trinajstić information content (AvgIpc) is 3.08. The maximum atomic E-state index is 14.9. The van der Waals surface area contributed by atoms with E-state index in [1.165, 1.54) is 24.3 Å². The highest BCUT2D eigenvalue weighted by Gasteiger charge is 2.45. The van der Waals surface area contributed by atoms with Crippen LogP contribution in [0, 0.1) is 11.6 Å². The molecule has 0 bridgehead atoms. The van der Waals surface area contributed by atoms with E-state index < -0.39 is 17.2 Å². The number of benzene rings is 2. The Kier molecular flexibility index (Phi) is 4.75. The van der Waals surface area contributed by atoms with Crippen LogP contribution in [0.4, 0.5) is 8.78 Å². The van der Waals surface area contributed by atoms with Gasteiger partial charge in [0.25, 0.3) is 0 Å². The Morgan fingerprint density at radius 3 is 2.36 bits per heavy atom.